The SMILES string of the molecule is Cc1cccc2sc(N(CCCN(C)C)C(=O)/C=C\c3ccc([N+](=O)[O-])cc3)nc12. The molecule has 1 aromatic heterocycles. The van der Waals surface area contributed by atoms with E-state index in [1.807, 2.05) is 39.2 Å². The monoisotopic (exact) mass is 424 g/mol. The van der Waals surface area contributed by atoms with Crippen LogP contribution in [0.1, 0.15) is 17.5 Å². The highest BCUT2D eigenvalue weighted by Crippen LogP contribution is 2.31. The summed E-state index contributed by atoms with van der Waals surface area (Å²) in [6.45, 7) is 3.43. The summed E-state index contributed by atoms with van der Waals surface area (Å²) in [5.74, 6) is -0.163. The average molecular weight is 425 g/mol. The molecule has 0 atom stereocenters. The summed E-state index contributed by atoms with van der Waals surface area (Å²) in [4.78, 5) is 31.9. The first-order valence-corrected chi connectivity index (χ1v) is 10.4. The topological polar surface area (TPSA) is 79.6 Å². The van der Waals surface area contributed by atoms with E-state index >= 15 is 0 Å². The molecular formula is C22H24N4O3S. The van der Waals surface area contributed by atoms with Crippen molar-refractivity contribution in [2.45, 2.75) is 13.3 Å². The predicted octanol–water partition coefficient (Wildman–Crippen LogP) is 4.51. The van der Waals surface area contributed by atoms with E-state index in [0.29, 0.717) is 11.7 Å². The smallest absolute Gasteiger partial charge is 0.269 e. The maximum absolute atomic E-state index is 13.0. The lowest BCUT2D eigenvalue weighted by atomic mass is 10.2. The van der Waals surface area contributed by atoms with Crippen molar-refractivity contribution < 1.29 is 9.72 Å². The van der Waals surface area contributed by atoms with Crippen LogP contribution in [0.2, 0.25) is 0 Å². The fourth-order valence-electron chi connectivity index (χ4n) is 3.00. The van der Waals surface area contributed by atoms with Gasteiger partial charge in [-0.1, -0.05) is 23.5 Å². The second kappa shape index (κ2) is 9.60. The van der Waals surface area contributed by atoms with Gasteiger partial charge in [-0.3, -0.25) is 19.8 Å². The lowest BCUT2D eigenvalue weighted by molar-refractivity contribution is -0.384. The number of non-ortho nitro benzene ring substituents is 1. The summed E-state index contributed by atoms with van der Waals surface area (Å²) in [7, 11) is 4.00. The van der Waals surface area contributed by atoms with Gasteiger partial charge in [0.1, 0.15) is 0 Å². The molecule has 2 aromatic carbocycles. The van der Waals surface area contributed by atoms with E-state index in [0.717, 1.165) is 34.3 Å². The number of anilines is 1. The van der Waals surface area contributed by atoms with E-state index in [1.165, 1.54) is 29.5 Å². The lowest BCUT2D eigenvalue weighted by Gasteiger charge is -2.19. The Morgan fingerprint density at radius 2 is 1.90 bits per heavy atom. The maximum atomic E-state index is 13.0. The van der Waals surface area contributed by atoms with Gasteiger partial charge in [0.05, 0.1) is 15.1 Å². The number of rotatable bonds is 8. The van der Waals surface area contributed by atoms with E-state index in [-0.39, 0.29) is 11.6 Å². The number of hydrogen-bond acceptors (Lipinski definition) is 6. The zero-order valence-electron chi connectivity index (χ0n) is 17.2. The van der Waals surface area contributed by atoms with Crippen LogP contribution in [0.5, 0.6) is 0 Å². The third kappa shape index (κ3) is 5.28. The van der Waals surface area contributed by atoms with E-state index in [2.05, 4.69) is 4.90 Å². The Balaban J connectivity index is 1.83. The van der Waals surface area contributed by atoms with Crippen molar-refractivity contribution in [1.82, 2.24) is 9.88 Å². The molecule has 156 valence electrons. The van der Waals surface area contributed by atoms with Crippen LogP contribution in [0.3, 0.4) is 0 Å². The molecule has 0 saturated carbocycles. The third-order valence-corrected chi connectivity index (χ3v) is 5.66. The van der Waals surface area contributed by atoms with Crippen molar-refractivity contribution in [3.8, 4) is 0 Å². The molecule has 0 aliphatic rings. The van der Waals surface area contributed by atoms with Crippen molar-refractivity contribution in [3.05, 3.63) is 69.8 Å². The highest BCUT2D eigenvalue weighted by atomic mass is 32.1. The first kappa shape index (κ1) is 21.6. The molecular weight excluding hydrogens is 400 g/mol. The largest absolute Gasteiger partial charge is 0.309 e. The Labute approximate surface area is 179 Å². The van der Waals surface area contributed by atoms with Gasteiger partial charge in [0.2, 0.25) is 0 Å². The van der Waals surface area contributed by atoms with Gasteiger partial charge in [-0.2, -0.15) is 0 Å². The van der Waals surface area contributed by atoms with Gasteiger partial charge >= 0.3 is 0 Å². The standard InChI is InChI=1S/C22H24N4O3S/c1-16-6-4-7-19-21(16)23-22(30-19)25(15-5-14-24(2)3)20(27)13-10-17-8-11-18(12-9-17)26(28)29/h4,6-13H,5,14-15H2,1-3H3/b13-10-. The van der Waals surface area contributed by atoms with Crippen LogP contribution in [-0.2, 0) is 4.79 Å². The Morgan fingerprint density at radius 3 is 2.53 bits per heavy atom. The number of nitro benzene ring substituents is 1. The van der Waals surface area contributed by atoms with Crippen LogP contribution in [-0.4, -0.2) is 47.9 Å². The van der Waals surface area contributed by atoms with Crippen LogP contribution >= 0.6 is 11.3 Å². The van der Waals surface area contributed by atoms with E-state index in [1.54, 1.807) is 23.1 Å². The highest BCUT2D eigenvalue weighted by molar-refractivity contribution is 7.22. The molecule has 0 bridgehead atoms. The highest BCUT2D eigenvalue weighted by Gasteiger charge is 2.18. The Bertz CT molecular complexity index is 1070. The van der Waals surface area contributed by atoms with Crippen LogP contribution in [0, 0.1) is 17.0 Å². The zero-order valence-corrected chi connectivity index (χ0v) is 18.1. The minimum Gasteiger partial charge on any atom is -0.309 e. The molecule has 0 N–H and O–H groups in total. The van der Waals surface area contributed by atoms with E-state index < -0.39 is 4.92 Å². The number of benzene rings is 2. The summed E-state index contributed by atoms with van der Waals surface area (Å²) in [5, 5.41) is 11.5. The number of para-hydroxylation sites is 1. The molecule has 0 saturated heterocycles. The predicted molar refractivity (Wildman–Crippen MR) is 122 cm³/mol. The number of aromatic nitrogens is 1. The molecule has 0 spiro atoms. The van der Waals surface area contributed by atoms with Gasteiger partial charge < -0.3 is 4.90 Å². The fraction of sp³-hybridized carbons (Fsp3) is 0.273. The van der Waals surface area contributed by atoms with Gasteiger partial charge in [0.25, 0.3) is 11.6 Å². The molecule has 30 heavy (non-hydrogen) atoms. The summed E-state index contributed by atoms with van der Waals surface area (Å²) in [5.41, 5.74) is 2.75. The van der Waals surface area contributed by atoms with Crippen molar-refractivity contribution in [2.75, 3.05) is 32.1 Å². The molecule has 3 rings (SSSR count). The minimum atomic E-state index is -0.444. The molecule has 0 radical (unpaired) electrons. The number of aryl methyl sites for hydroxylation is 1. The van der Waals surface area contributed by atoms with Gasteiger partial charge in [0.15, 0.2) is 5.13 Å². The van der Waals surface area contributed by atoms with Gasteiger partial charge in [-0.15, -0.1) is 0 Å². The Morgan fingerprint density at radius 1 is 1.17 bits per heavy atom. The summed E-state index contributed by atoms with van der Waals surface area (Å²) in [6.07, 6.45) is 3.98. The molecule has 0 fully saturated rings. The molecule has 7 nitrogen and oxygen atoms in total. The van der Waals surface area contributed by atoms with Crippen LogP contribution in [0.25, 0.3) is 16.3 Å². The Kier molecular flexibility index (Phi) is 6.91. The number of hydrogen-bond donors (Lipinski definition) is 0. The Hall–Kier alpha value is -3.10. The minimum absolute atomic E-state index is 0.0219. The third-order valence-electron chi connectivity index (χ3n) is 4.62. The van der Waals surface area contributed by atoms with Gasteiger partial charge in [-0.05, 0) is 69.4 Å². The van der Waals surface area contributed by atoms with Gasteiger partial charge in [-0.25, -0.2) is 4.98 Å². The first-order valence-electron chi connectivity index (χ1n) is 9.60. The zero-order chi connectivity index (χ0) is 21.7. The molecule has 0 unspecified atom stereocenters. The van der Waals surface area contributed by atoms with Crippen LogP contribution in [0.4, 0.5) is 10.8 Å². The molecule has 3 aromatic rings. The van der Waals surface area contributed by atoms with E-state index in [9.17, 15) is 14.9 Å². The second-order valence-corrected chi connectivity index (χ2v) is 8.26. The number of carbonyl (C=O) groups is 1. The molecule has 8 heteroatoms. The van der Waals surface area contributed by atoms with E-state index in [4.69, 9.17) is 4.98 Å². The van der Waals surface area contributed by atoms with Crippen molar-refractivity contribution in [3.63, 3.8) is 0 Å². The lowest BCUT2D eigenvalue weighted by Crippen LogP contribution is -2.32. The molecule has 0 aliphatic heterocycles. The van der Waals surface area contributed by atoms with Gasteiger partial charge in [0, 0.05) is 24.8 Å². The fourth-order valence-corrected chi connectivity index (χ4v) is 4.07. The number of amides is 1. The average Bonchev–Trinajstić information content (AvgIpc) is 3.15. The maximum Gasteiger partial charge on any atom is 0.269 e. The quantitative estimate of drug-likeness (QED) is 0.302. The van der Waals surface area contributed by atoms with Crippen molar-refractivity contribution in [2.24, 2.45) is 0 Å². The summed E-state index contributed by atoms with van der Waals surface area (Å²) in [6, 6.07) is 12.1. The molecule has 0 aliphatic carbocycles. The second-order valence-electron chi connectivity index (χ2n) is 7.25. The summed E-state index contributed by atoms with van der Waals surface area (Å²) < 4.78 is 1.05. The number of nitro groups is 1. The number of nitrogens with zero attached hydrogens (tertiary/aromatic N) is 4. The number of thiazole rings is 1. The normalized spacial score (nSPS) is 11.5. The molecule has 1 heterocycles. The van der Waals surface area contributed by atoms with Crippen molar-refractivity contribution >= 4 is 44.4 Å². The van der Waals surface area contributed by atoms with Crippen LogP contribution < -0.4 is 4.90 Å². The molecule has 1 amide bonds. The first-order chi connectivity index (χ1) is 14.3. The summed E-state index contributed by atoms with van der Waals surface area (Å²) >= 11 is 1.51. The van der Waals surface area contributed by atoms with Crippen molar-refractivity contribution in [1.29, 1.82) is 0 Å². The number of carbonyl (C=O) groups excluding carboxylic acids is 1. The van der Waals surface area contributed by atoms with Crippen LogP contribution in [0.15, 0.2) is 48.5 Å². The number of fused-ring (bicyclic) bond motifs is 1.